The van der Waals surface area contributed by atoms with Crippen molar-refractivity contribution < 1.29 is 0 Å². The molecule has 0 radical (unpaired) electrons. The summed E-state index contributed by atoms with van der Waals surface area (Å²) in [6.07, 6.45) is 8.08. The molecule has 1 atom stereocenters. The minimum Gasteiger partial charge on any atom is -0.299 e. The highest BCUT2D eigenvalue weighted by Crippen LogP contribution is 2.27. The van der Waals surface area contributed by atoms with Crippen molar-refractivity contribution in [3.8, 4) is 6.07 Å². The molecule has 1 aliphatic heterocycles. The molecule has 0 aromatic carbocycles. The Labute approximate surface area is 107 Å². The first kappa shape index (κ1) is 14.5. The van der Waals surface area contributed by atoms with Gasteiger partial charge in [-0.25, -0.2) is 0 Å². The molecule has 0 bridgehead atoms. The van der Waals surface area contributed by atoms with Crippen LogP contribution in [0.1, 0.15) is 59.3 Å². The van der Waals surface area contributed by atoms with Crippen molar-refractivity contribution in [2.45, 2.75) is 65.3 Å². The summed E-state index contributed by atoms with van der Waals surface area (Å²) in [5, 5.41) is 8.81. The van der Waals surface area contributed by atoms with Gasteiger partial charge >= 0.3 is 0 Å². The maximum absolute atomic E-state index is 8.81. The predicted octanol–water partition coefficient (Wildman–Crippen LogP) is 3.83. The van der Waals surface area contributed by atoms with Gasteiger partial charge in [-0.05, 0) is 31.7 Å². The zero-order valence-corrected chi connectivity index (χ0v) is 11.8. The van der Waals surface area contributed by atoms with E-state index in [2.05, 4.69) is 31.7 Å². The van der Waals surface area contributed by atoms with Crippen LogP contribution in [0.4, 0.5) is 0 Å². The Balaban J connectivity index is 0.000000317. The van der Waals surface area contributed by atoms with Gasteiger partial charge in [-0.2, -0.15) is 5.26 Å². The minimum absolute atomic E-state index is 0.321. The van der Waals surface area contributed by atoms with Crippen LogP contribution in [0.25, 0.3) is 0 Å². The fourth-order valence-electron chi connectivity index (χ4n) is 2.67. The van der Waals surface area contributed by atoms with Gasteiger partial charge in [0.2, 0.25) is 0 Å². The molecule has 0 spiro atoms. The van der Waals surface area contributed by atoms with Gasteiger partial charge in [0.25, 0.3) is 0 Å². The van der Waals surface area contributed by atoms with E-state index in [9.17, 15) is 0 Å². The van der Waals surface area contributed by atoms with E-state index in [4.69, 9.17) is 5.26 Å². The highest BCUT2D eigenvalue weighted by atomic mass is 15.2. The molecule has 0 aromatic rings. The molecule has 0 N–H and O–H groups in total. The number of nitriles is 1. The molecular weight excluding hydrogens is 208 g/mol. The summed E-state index contributed by atoms with van der Waals surface area (Å²) in [4.78, 5) is 2.55. The largest absolute Gasteiger partial charge is 0.299 e. The normalized spacial score (nSPS) is 26.4. The summed E-state index contributed by atoms with van der Waals surface area (Å²) in [7, 11) is 0. The van der Waals surface area contributed by atoms with Crippen molar-refractivity contribution in [2.24, 2.45) is 11.8 Å². The van der Waals surface area contributed by atoms with Gasteiger partial charge in [0.15, 0.2) is 0 Å². The lowest BCUT2D eigenvalue weighted by Gasteiger charge is -2.30. The third-order valence-corrected chi connectivity index (χ3v) is 3.49. The molecule has 1 heterocycles. The molecule has 2 rings (SSSR count). The van der Waals surface area contributed by atoms with Crippen LogP contribution in [-0.4, -0.2) is 24.0 Å². The smallest absolute Gasteiger partial charge is 0.0669 e. The molecule has 0 aromatic heterocycles. The lowest BCUT2D eigenvalue weighted by atomic mass is 9.94. The zero-order valence-electron chi connectivity index (χ0n) is 11.8. The van der Waals surface area contributed by atoms with Crippen molar-refractivity contribution >= 4 is 0 Å². The van der Waals surface area contributed by atoms with E-state index < -0.39 is 0 Å². The monoisotopic (exact) mass is 236 g/mol. The Hall–Kier alpha value is -0.550. The fraction of sp³-hybridized carbons (Fsp3) is 0.933. The van der Waals surface area contributed by atoms with Crippen molar-refractivity contribution in [1.82, 2.24) is 4.90 Å². The molecule has 2 aliphatic rings. The van der Waals surface area contributed by atoms with E-state index >= 15 is 0 Å². The van der Waals surface area contributed by atoms with Crippen LogP contribution in [0.5, 0.6) is 0 Å². The Kier molecular flexibility index (Phi) is 6.58. The molecule has 1 saturated heterocycles. The second-order valence-corrected chi connectivity index (χ2v) is 6.13. The summed E-state index contributed by atoms with van der Waals surface area (Å²) in [5.74, 6) is 1.15. The summed E-state index contributed by atoms with van der Waals surface area (Å²) < 4.78 is 0. The number of rotatable bonds is 1. The van der Waals surface area contributed by atoms with E-state index in [1.54, 1.807) is 0 Å². The summed E-state index contributed by atoms with van der Waals surface area (Å²) in [5.41, 5.74) is 0. The maximum atomic E-state index is 8.81. The number of likely N-dealkylation sites (tertiary alicyclic amines) is 1. The first-order valence-corrected chi connectivity index (χ1v) is 7.27. The third kappa shape index (κ3) is 5.55. The van der Waals surface area contributed by atoms with Crippen LogP contribution in [0.3, 0.4) is 0 Å². The van der Waals surface area contributed by atoms with Crippen LogP contribution in [0.2, 0.25) is 0 Å². The van der Waals surface area contributed by atoms with Crippen molar-refractivity contribution in [2.75, 3.05) is 13.1 Å². The molecule has 17 heavy (non-hydrogen) atoms. The van der Waals surface area contributed by atoms with E-state index in [1.165, 1.54) is 38.6 Å². The highest BCUT2D eigenvalue weighted by molar-refractivity contribution is 4.93. The van der Waals surface area contributed by atoms with Gasteiger partial charge < -0.3 is 0 Å². The second kappa shape index (κ2) is 7.71. The molecule has 98 valence electrons. The Bertz CT molecular complexity index is 233. The minimum atomic E-state index is 0.321. The third-order valence-electron chi connectivity index (χ3n) is 3.49. The Morgan fingerprint density at radius 1 is 1.06 bits per heavy atom. The molecule has 1 aliphatic carbocycles. The number of hydrogen-bond donors (Lipinski definition) is 0. The molecule has 1 unspecified atom stereocenters. The van der Waals surface area contributed by atoms with Crippen LogP contribution >= 0.6 is 0 Å². The predicted molar refractivity (Wildman–Crippen MR) is 72.7 cm³/mol. The SMILES string of the molecule is CC(C)C.N#CC1CCN(C2CCCCC2)C1. The summed E-state index contributed by atoms with van der Waals surface area (Å²) in [6, 6.07) is 3.20. The Morgan fingerprint density at radius 2 is 1.65 bits per heavy atom. The van der Waals surface area contributed by atoms with Gasteiger partial charge in [-0.1, -0.05) is 40.0 Å². The van der Waals surface area contributed by atoms with Gasteiger partial charge in [-0.15, -0.1) is 0 Å². The summed E-state index contributed by atoms with van der Waals surface area (Å²) >= 11 is 0. The first-order chi connectivity index (χ1) is 8.13. The topological polar surface area (TPSA) is 27.0 Å². The average molecular weight is 236 g/mol. The van der Waals surface area contributed by atoms with Gasteiger partial charge in [0.1, 0.15) is 0 Å². The number of nitrogens with zero attached hydrogens (tertiary/aromatic N) is 2. The maximum Gasteiger partial charge on any atom is 0.0669 e. The number of hydrogen-bond acceptors (Lipinski definition) is 2. The Morgan fingerprint density at radius 3 is 2.12 bits per heavy atom. The van der Waals surface area contributed by atoms with Gasteiger partial charge in [-0.3, -0.25) is 4.90 Å². The van der Waals surface area contributed by atoms with Crippen LogP contribution in [0.15, 0.2) is 0 Å². The molecule has 0 amide bonds. The lowest BCUT2D eigenvalue weighted by molar-refractivity contribution is 0.188. The molecule has 2 heteroatoms. The van der Waals surface area contributed by atoms with Gasteiger partial charge in [0.05, 0.1) is 12.0 Å². The van der Waals surface area contributed by atoms with E-state index in [0.29, 0.717) is 5.92 Å². The second-order valence-electron chi connectivity index (χ2n) is 6.13. The molecule has 1 saturated carbocycles. The van der Waals surface area contributed by atoms with Crippen molar-refractivity contribution in [3.63, 3.8) is 0 Å². The summed E-state index contributed by atoms with van der Waals surface area (Å²) in [6.45, 7) is 8.71. The van der Waals surface area contributed by atoms with Crippen LogP contribution in [0, 0.1) is 23.2 Å². The molecular formula is C15H28N2. The zero-order chi connectivity index (χ0) is 12.7. The quantitative estimate of drug-likeness (QED) is 0.692. The van der Waals surface area contributed by atoms with Crippen molar-refractivity contribution in [3.05, 3.63) is 0 Å². The highest BCUT2D eigenvalue weighted by Gasteiger charge is 2.28. The fourth-order valence-corrected chi connectivity index (χ4v) is 2.67. The standard InChI is InChI=1S/C11H18N2.C4H10/c12-8-10-6-7-13(9-10)11-4-2-1-3-5-11;1-4(2)3/h10-11H,1-7,9H2;4H,1-3H3. The van der Waals surface area contributed by atoms with E-state index in [-0.39, 0.29) is 0 Å². The van der Waals surface area contributed by atoms with E-state index in [0.717, 1.165) is 24.9 Å². The lowest BCUT2D eigenvalue weighted by Crippen LogP contribution is -2.34. The van der Waals surface area contributed by atoms with Crippen LogP contribution < -0.4 is 0 Å². The van der Waals surface area contributed by atoms with Crippen molar-refractivity contribution in [1.29, 1.82) is 5.26 Å². The molecule has 2 nitrogen and oxygen atoms in total. The average Bonchev–Trinajstić information content (AvgIpc) is 2.78. The van der Waals surface area contributed by atoms with E-state index in [1.807, 2.05) is 0 Å². The first-order valence-electron chi connectivity index (χ1n) is 7.27. The molecule has 2 fully saturated rings. The van der Waals surface area contributed by atoms with Crippen LogP contribution in [-0.2, 0) is 0 Å². The van der Waals surface area contributed by atoms with Gasteiger partial charge in [0, 0.05) is 12.6 Å².